The van der Waals surface area contributed by atoms with Gasteiger partial charge in [0.2, 0.25) is 0 Å². The molecular formula is C17H13ClFNO2S. The van der Waals surface area contributed by atoms with E-state index in [2.05, 4.69) is 0 Å². The van der Waals surface area contributed by atoms with Crippen molar-refractivity contribution >= 4 is 22.7 Å². The van der Waals surface area contributed by atoms with E-state index in [-0.39, 0.29) is 10.8 Å². The molecule has 1 atom stereocenters. The summed E-state index contributed by atoms with van der Waals surface area (Å²) in [6, 6.07) is 15.8. The molecule has 3 rings (SSSR count). The Morgan fingerprint density at radius 2 is 1.87 bits per heavy atom. The summed E-state index contributed by atoms with van der Waals surface area (Å²) in [6.45, 7) is 0. The van der Waals surface area contributed by atoms with Gasteiger partial charge in [-0.2, -0.15) is 0 Å². The van der Waals surface area contributed by atoms with E-state index in [9.17, 15) is 8.60 Å². The predicted octanol–water partition coefficient (Wildman–Crippen LogP) is 4.66. The predicted molar refractivity (Wildman–Crippen MR) is 90.6 cm³/mol. The maximum atomic E-state index is 13.3. The number of nitrogens with zero attached hydrogens (tertiary/aromatic N) is 1. The molecule has 0 saturated carbocycles. The van der Waals surface area contributed by atoms with E-state index >= 15 is 0 Å². The third-order valence-corrected chi connectivity index (χ3v) is 4.34. The van der Waals surface area contributed by atoms with Gasteiger partial charge in [0.25, 0.3) is 0 Å². The van der Waals surface area contributed by atoms with Crippen LogP contribution in [0.15, 0.2) is 60.8 Å². The van der Waals surface area contributed by atoms with Gasteiger partial charge in [0.15, 0.2) is 11.1 Å². The molecule has 0 aliphatic rings. The van der Waals surface area contributed by atoms with E-state index in [1.807, 2.05) is 47.2 Å². The van der Waals surface area contributed by atoms with Gasteiger partial charge in [0.05, 0.1) is 16.5 Å². The first kappa shape index (κ1) is 15.9. The fraction of sp³-hybridized carbons (Fsp3) is 0.0588. The lowest BCUT2D eigenvalue weighted by atomic mass is 10.1. The first-order valence-electron chi connectivity index (χ1n) is 6.84. The Morgan fingerprint density at radius 1 is 1.13 bits per heavy atom. The summed E-state index contributed by atoms with van der Waals surface area (Å²) in [6.07, 6.45) is 1.87. The van der Waals surface area contributed by atoms with Crippen molar-refractivity contribution in [2.75, 3.05) is 0 Å². The zero-order chi connectivity index (χ0) is 16.4. The maximum absolute atomic E-state index is 13.3. The molecule has 6 heteroatoms. The lowest BCUT2D eigenvalue weighted by Gasteiger charge is -2.11. The Morgan fingerprint density at radius 3 is 2.52 bits per heavy atom. The fourth-order valence-electron chi connectivity index (χ4n) is 2.39. The van der Waals surface area contributed by atoms with Crippen molar-refractivity contribution in [3.8, 4) is 16.9 Å². The number of rotatable bonds is 4. The molecule has 1 heterocycles. The first-order chi connectivity index (χ1) is 11.0. The van der Waals surface area contributed by atoms with Crippen molar-refractivity contribution in [1.82, 2.24) is 4.57 Å². The number of aromatic nitrogens is 1. The average Bonchev–Trinajstić information content (AvgIpc) is 3.00. The monoisotopic (exact) mass is 349 g/mol. The Kier molecular flexibility index (Phi) is 4.61. The molecule has 0 amide bonds. The summed E-state index contributed by atoms with van der Waals surface area (Å²) in [7, 11) is 0. The minimum Gasteiger partial charge on any atom is -0.317 e. The van der Waals surface area contributed by atoms with Crippen LogP contribution in [0, 0.1) is 5.82 Å². The fourth-order valence-corrected chi connectivity index (χ4v) is 3.04. The molecule has 3 nitrogen and oxygen atoms in total. The summed E-state index contributed by atoms with van der Waals surface area (Å²) in [5.41, 5.74) is 3.42. The highest BCUT2D eigenvalue weighted by atomic mass is 35.5. The van der Waals surface area contributed by atoms with Crippen molar-refractivity contribution in [1.29, 1.82) is 0 Å². The molecule has 0 aliphatic carbocycles. The quantitative estimate of drug-likeness (QED) is 0.696. The highest BCUT2D eigenvalue weighted by molar-refractivity contribution is 7.78. The van der Waals surface area contributed by atoms with Crippen LogP contribution in [-0.4, -0.2) is 13.3 Å². The van der Waals surface area contributed by atoms with Gasteiger partial charge < -0.3 is 9.12 Å². The van der Waals surface area contributed by atoms with Crippen LogP contribution in [0.3, 0.4) is 0 Å². The van der Waals surface area contributed by atoms with Crippen LogP contribution < -0.4 is 0 Å². The van der Waals surface area contributed by atoms with Gasteiger partial charge in [-0.05, 0) is 41.5 Å². The molecule has 0 bridgehead atoms. The molecule has 2 aromatic carbocycles. The Bertz CT molecular complexity index is 861. The topological polar surface area (TPSA) is 42.2 Å². The minimum atomic E-state index is -1.85. The summed E-state index contributed by atoms with van der Waals surface area (Å²) in [5, 5.41) is 0.0722. The van der Waals surface area contributed by atoms with Crippen LogP contribution in [0.2, 0.25) is 5.02 Å². The molecule has 0 radical (unpaired) electrons. The van der Waals surface area contributed by atoms with Gasteiger partial charge in [-0.1, -0.05) is 35.9 Å². The molecule has 1 unspecified atom stereocenters. The molecule has 1 aromatic heterocycles. The summed E-state index contributed by atoms with van der Waals surface area (Å²) < 4.78 is 35.0. The second-order valence-electron chi connectivity index (χ2n) is 5.02. The van der Waals surface area contributed by atoms with Gasteiger partial charge >= 0.3 is 0 Å². The number of benzene rings is 2. The van der Waals surface area contributed by atoms with Gasteiger partial charge in [-0.25, -0.2) is 8.60 Å². The molecule has 23 heavy (non-hydrogen) atoms. The Hall–Kier alpha value is -1.95. The Balaban J connectivity index is 1.97. The van der Waals surface area contributed by atoms with Crippen molar-refractivity contribution in [2.45, 2.75) is 5.75 Å². The van der Waals surface area contributed by atoms with E-state index in [0.717, 1.165) is 22.5 Å². The molecule has 0 spiro atoms. The van der Waals surface area contributed by atoms with Crippen LogP contribution in [0.4, 0.5) is 4.39 Å². The molecule has 1 N–H and O–H groups in total. The zero-order valence-corrected chi connectivity index (χ0v) is 13.5. The first-order valence-corrected chi connectivity index (χ1v) is 8.49. The normalized spacial score (nSPS) is 12.3. The summed E-state index contributed by atoms with van der Waals surface area (Å²) in [5.74, 6) is -0.347. The number of hydrogen-bond donors (Lipinski definition) is 1. The van der Waals surface area contributed by atoms with Crippen molar-refractivity contribution in [3.05, 3.63) is 77.2 Å². The molecule has 0 aliphatic heterocycles. The molecule has 0 saturated heterocycles. The molecule has 0 fully saturated rings. The summed E-state index contributed by atoms with van der Waals surface area (Å²) >= 11 is 4.00. The second kappa shape index (κ2) is 6.66. The van der Waals surface area contributed by atoms with Crippen LogP contribution in [-0.2, 0) is 16.8 Å². The third-order valence-electron chi connectivity index (χ3n) is 3.47. The second-order valence-corrected chi connectivity index (χ2v) is 6.36. The van der Waals surface area contributed by atoms with Crippen molar-refractivity contribution < 1.29 is 13.2 Å². The van der Waals surface area contributed by atoms with Crippen LogP contribution in [0.25, 0.3) is 16.9 Å². The smallest absolute Gasteiger partial charge is 0.157 e. The lowest BCUT2D eigenvalue weighted by Crippen LogP contribution is -1.96. The molecule has 118 valence electrons. The SMILES string of the molecule is O=S(O)Cc1ccc(-c2cccn2-c2ccc(F)c(Cl)c2)cc1. The van der Waals surface area contributed by atoms with Gasteiger partial charge in [0.1, 0.15) is 5.82 Å². The van der Waals surface area contributed by atoms with Gasteiger partial charge in [-0.15, -0.1) is 0 Å². The number of hydrogen-bond acceptors (Lipinski definition) is 1. The maximum Gasteiger partial charge on any atom is 0.157 e. The van der Waals surface area contributed by atoms with E-state index in [1.54, 1.807) is 12.1 Å². The zero-order valence-electron chi connectivity index (χ0n) is 11.9. The average molecular weight is 350 g/mol. The molecular weight excluding hydrogens is 337 g/mol. The minimum absolute atomic E-state index is 0.0722. The highest BCUT2D eigenvalue weighted by Gasteiger charge is 2.08. The van der Waals surface area contributed by atoms with Crippen LogP contribution >= 0.6 is 11.6 Å². The van der Waals surface area contributed by atoms with E-state index in [0.29, 0.717) is 0 Å². The third kappa shape index (κ3) is 3.52. The highest BCUT2D eigenvalue weighted by Crippen LogP contribution is 2.26. The lowest BCUT2D eigenvalue weighted by molar-refractivity contribution is 0.563. The Labute approximate surface area is 140 Å². The van der Waals surface area contributed by atoms with Crippen LogP contribution in [0.5, 0.6) is 0 Å². The van der Waals surface area contributed by atoms with Gasteiger partial charge in [0, 0.05) is 11.9 Å². The number of halogens is 2. The van der Waals surface area contributed by atoms with E-state index in [1.165, 1.54) is 6.07 Å². The standard InChI is InChI=1S/C17H13ClFNO2S/c18-15-10-14(7-8-16(15)19)20-9-1-2-17(20)13-5-3-12(4-6-13)11-23(21)22/h1-10H,11H2,(H,21,22). The molecule has 3 aromatic rings. The van der Waals surface area contributed by atoms with Crippen molar-refractivity contribution in [2.24, 2.45) is 0 Å². The summed E-state index contributed by atoms with van der Waals surface area (Å²) in [4.78, 5) is 0. The van der Waals surface area contributed by atoms with E-state index in [4.69, 9.17) is 16.2 Å². The van der Waals surface area contributed by atoms with Crippen LogP contribution in [0.1, 0.15) is 5.56 Å². The van der Waals surface area contributed by atoms with Crippen molar-refractivity contribution in [3.63, 3.8) is 0 Å². The van der Waals surface area contributed by atoms with Gasteiger partial charge in [-0.3, -0.25) is 0 Å². The largest absolute Gasteiger partial charge is 0.317 e. The van der Waals surface area contributed by atoms with E-state index < -0.39 is 16.9 Å².